The zero-order chi connectivity index (χ0) is 28.9. The average molecular weight is 564 g/mol. The summed E-state index contributed by atoms with van der Waals surface area (Å²) < 4.78 is 10.6. The van der Waals surface area contributed by atoms with Crippen LogP contribution < -0.4 is 11.2 Å². The number of oxime groups is 1. The van der Waals surface area contributed by atoms with Crippen molar-refractivity contribution in [2.75, 3.05) is 0 Å². The van der Waals surface area contributed by atoms with Crippen LogP contribution in [0.2, 0.25) is 5.02 Å². The SMILES string of the molecule is Cn1c(C(=NO)c2ccncc2)nc2c1c(=O)n(Cc1cc3c(Cl)cccc3n1C(=O)OC(C)(C)C)c(=O)n2C. The van der Waals surface area contributed by atoms with Gasteiger partial charge in [0.1, 0.15) is 5.60 Å². The summed E-state index contributed by atoms with van der Waals surface area (Å²) in [4.78, 5) is 49.0. The molecule has 4 aromatic heterocycles. The molecule has 0 fully saturated rings. The molecule has 5 rings (SSSR count). The first-order valence-electron chi connectivity index (χ1n) is 12.2. The van der Waals surface area contributed by atoms with E-state index < -0.39 is 22.9 Å². The van der Waals surface area contributed by atoms with Crippen LogP contribution in [0.4, 0.5) is 4.79 Å². The van der Waals surface area contributed by atoms with Crippen LogP contribution in [0.3, 0.4) is 0 Å². The van der Waals surface area contributed by atoms with Gasteiger partial charge in [-0.3, -0.25) is 18.9 Å². The second kappa shape index (κ2) is 9.79. The summed E-state index contributed by atoms with van der Waals surface area (Å²) in [5, 5.41) is 14.1. The van der Waals surface area contributed by atoms with Crippen molar-refractivity contribution in [1.29, 1.82) is 0 Å². The standard InChI is InChI=1S/C27H26ClN7O5/c1-27(2,3)40-26(38)35-16(13-17-18(28)7-6-8-19(17)35)14-34-24(36)21-23(33(5)25(34)37)30-22(32(21)4)20(31-39)15-9-11-29-12-10-15/h6-13,39H,14H2,1-5H3. The lowest BCUT2D eigenvalue weighted by Crippen LogP contribution is -2.40. The molecule has 0 aliphatic rings. The minimum atomic E-state index is -0.790. The molecule has 206 valence electrons. The maximum Gasteiger partial charge on any atom is 0.419 e. The van der Waals surface area contributed by atoms with Gasteiger partial charge >= 0.3 is 11.8 Å². The van der Waals surface area contributed by atoms with Gasteiger partial charge < -0.3 is 14.5 Å². The van der Waals surface area contributed by atoms with Crippen molar-refractivity contribution in [3.63, 3.8) is 0 Å². The van der Waals surface area contributed by atoms with Gasteiger partial charge in [0.25, 0.3) is 5.56 Å². The van der Waals surface area contributed by atoms with E-state index in [1.807, 2.05) is 0 Å². The molecule has 0 saturated carbocycles. The molecule has 0 bridgehead atoms. The van der Waals surface area contributed by atoms with Gasteiger partial charge in [-0.05, 0) is 51.1 Å². The summed E-state index contributed by atoms with van der Waals surface area (Å²) in [6.07, 6.45) is 2.39. The van der Waals surface area contributed by atoms with Crippen molar-refractivity contribution in [3.05, 3.63) is 91.7 Å². The molecule has 13 heteroatoms. The molecule has 0 spiro atoms. The lowest BCUT2D eigenvalue weighted by molar-refractivity contribution is 0.0540. The van der Waals surface area contributed by atoms with Gasteiger partial charge in [0.15, 0.2) is 22.7 Å². The number of hydrogen-bond donors (Lipinski definition) is 1. The van der Waals surface area contributed by atoms with Crippen LogP contribution in [0.5, 0.6) is 0 Å². The maximum absolute atomic E-state index is 13.8. The Balaban J connectivity index is 1.71. The Kier molecular flexibility index (Phi) is 6.58. The lowest BCUT2D eigenvalue weighted by atomic mass is 10.1. The quantitative estimate of drug-likeness (QED) is 0.200. The normalized spacial score (nSPS) is 12.4. The fourth-order valence-corrected chi connectivity index (χ4v) is 4.81. The molecule has 0 unspecified atom stereocenters. The number of aromatic nitrogens is 6. The average Bonchev–Trinajstić information content (AvgIpc) is 3.44. The molecule has 0 atom stereocenters. The molecule has 12 nitrogen and oxygen atoms in total. The zero-order valence-electron chi connectivity index (χ0n) is 22.4. The summed E-state index contributed by atoms with van der Waals surface area (Å²) >= 11 is 6.42. The van der Waals surface area contributed by atoms with Crippen molar-refractivity contribution in [1.82, 2.24) is 28.2 Å². The third-order valence-corrected chi connectivity index (χ3v) is 6.72. The lowest BCUT2D eigenvalue weighted by Gasteiger charge is -2.21. The second-order valence-corrected chi connectivity index (χ2v) is 10.6. The number of fused-ring (bicyclic) bond motifs is 2. The fraction of sp³-hybridized carbons (Fsp3) is 0.259. The molecule has 0 aliphatic heterocycles. The van der Waals surface area contributed by atoms with Crippen molar-refractivity contribution >= 4 is 45.5 Å². The number of imidazole rings is 1. The molecule has 4 heterocycles. The van der Waals surface area contributed by atoms with Crippen LogP contribution >= 0.6 is 11.6 Å². The Labute approximate surface area is 232 Å². The van der Waals surface area contributed by atoms with Crippen molar-refractivity contribution < 1.29 is 14.7 Å². The minimum Gasteiger partial charge on any atom is -0.443 e. The molecule has 0 amide bonds. The molecule has 1 N–H and O–H groups in total. The molecule has 40 heavy (non-hydrogen) atoms. The molecular formula is C27H26ClN7O5. The van der Waals surface area contributed by atoms with Gasteiger partial charge in [0, 0.05) is 42.5 Å². The van der Waals surface area contributed by atoms with Gasteiger partial charge in [-0.15, -0.1) is 0 Å². The Morgan fingerprint density at radius 2 is 1.80 bits per heavy atom. The number of halogens is 1. The zero-order valence-corrected chi connectivity index (χ0v) is 23.2. The Hall–Kier alpha value is -4.71. The number of aryl methyl sites for hydroxylation is 2. The topological polar surface area (TPSA) is 139 Å². The van der Waals surface area contributed by atoms with Crippen LogP contribution in [-0.2, 0) is 25.4 Å². The number of nitrogens with zero attached hydrogens (tertiary/aromatic N) is 7. The van der Waals surface area contributed by atoms with E-state index >= 15 is 0 Å². The Bertz CT molecular complexity index is 1940. The molecule has 0 aliphatic carbocycles. The van der Waals surface area contributed by atoms with Crippen LogP contribution in [0.25, 0.3) is 22.1 Å². The highest BCUT2D eigenvalue weighted by molar-refractivity contribution is 6.35. The van der Waals surface area contributed by atoms with Crippen LogP contribution in [-0.4, -0.2) is 50.8 Å². The van der Waals surface area contributed by atoms with E-state index in [2.05, 4.69) is 15.1 Å². The Morgan fingerprint density at radius 1 is 1.10 bits per heavy atom. The third kappa shape index (κ3) is 4.45. The highest BCUT2D eigenvalue weighted by atomic mass is 35.5. The maximum atomic E-state index is 13.8. The fourth-order valence-electron chi connectivity index (χ4n) is 4.59. The number of pyridine rings is 1. The van der Waals surface area contributed by atoms with E-state index in [1.54, 1.807) is 64.2 Å². The first kappa shape index (κ1) is 26.9. The highest BCUT2D eigenvalue weighted by Crippen LogP contribution is 2.28. The van der Waals surface area contributed by atoms with Crippen molar-refractivity contribution in [2.45, 2.75) is 32.9 Å². The van der Waals surface area contributed by atoms with E-state index in [0.717, 1.165) is 4.57 Å². The number of carbonyl (C=O) groups is 1. The third-order valence-electron chi connectivity index (χ3n) is 6.39. The molecule has 0 saturated heterocycles. The predicted molar refractivity (Wildman–Crippen MR) is 150 cm³/mol. The Morgan fingerprint density at radius 3 is 2.45 bits per heavy atom. The first-order chi connectivity index (χ1) is 18.9. The molecule has 1 aromatic carbocycles. The van der Waals surface area contributed by atoms with Crippen molar-refractivity contribution in [2.24, 2.45) is 19.3 Å². The first-order valence-corrected chi connectivity index (χ1v) is 12.6. The molecule has 5 aromatic rings. The summed E-state index contributed by atoms with van der Waals surface area (Å²) in [6, 6.07) is 10.0. The monoisotopic (exact) mass is 563 g/mol. The minimum absolute atomic E-state index is 0.0965. The van der Waals surface area contributed by atoms with Gasteiger partial charge in [-0.1, -0.05) is 22.8 Å². The van der Waals surface area contributed by atoms with Crippen molar-refractivity contribution in [3.8, 4) is 0 Å². The van der Waals surface area contributed by atoms with E-state index in [9.17, 15) is 19.6 Å². The van der Waals surface area contributed by atoms with E-state index in [4.69, 9.17) is 16.3 Å². The van der Waals surface area contributed by atoms with Crippen LogP contribution in [0, 0.1) is 0 Å². The number of benzene rings is 1. The number of rotatable bonds is 4. The van der Waals surface area contributed by atoms with E-state index in [0.29, 0.717) is 27.2 Å². The number of hydrogen-bond acceptors (Lipinski definition) is 8. The highest BCUT2D eigenvalue weighted by Gasteiger charge is 2.26. The summed E-state index contributed by atoms with van der Waals surface area (Å²) in [7, 11) is 3.07. The smallest absolute Gasteiger partial charge is 0.419 e. The summed E-state index contributed by atoms with van der Waals surface area (Å²) in [5.74, 6) is 0.170. The number of ether oxygens (including phenoxy) is 1. The summed E-state index contributed by atoms with van der Waals surface area (Å²) in [5.41, 5.74) is -0.459. The van der Waals surface area contributed by atoms with E-state index in [-0.39, 0.29) is 29.2 Å². The van der Waals surface area contributed by atoms with E-state index in [1.165, 1.54) is 33.1 Å². The number of carbonyl (C=O) groups excluding carboxylic acids is 1. The van der Waals surface area contributed by atoms with Crippen LogP contribution in [0.15, 0.2) is 63.5 Å². The second-order valence-electron chi connectivity index (χ2n) is 10.2. The van der Waals surface area contributed by atoms with Crippen LogP contribution in [0.1, 0.15) is 37.9 Å². The van der Waals surface area contributed by atoms with Gasteiger partial charge in [-0.2, -0.15) is 0 Å². The van der Waals surface area contributed by atoms with Gasteiger partial charge in [0.2, 0.25) is 0 Å². The molecule has 0 radical (unpaired) electrons. The largest absolute Gasteiger partial charge is 0.443 e. The van der Waals surface area contributed by atoms with Gasteiger partial charge in [-0.25, -0.2) is 19.1 Å². The summed E-state index contributed by atoms with van der Waals surface area (Å²) in [6.45, 7) is 4.98. The molecular weight excluding hydrogens is 538 g/mol. The van der Waals surface area contributed by atoms with Gasteiger partial charge in [0.05, 0.1) is 17.8 Å². The predicted octanol–water partition coefficient (Wildman–Crippen LogP) is 3.49.